The molecule has 0 unspecified atom stereocenters. The lowest BCUT2D eigenvalue weighted by atomic mass is 9.96. The molecule has 4 nitrogen and oxygen atoms in total. The van der Waals surface area contributed by atoms with E-state index in [0.717, 1.165) is 19.3 Å². The van der Waals surface area contributed by atoms with Crippen molar-refractivity contribution in [3.8, 4) is 0 Å². The highest BCUT2D eigenvalue weighted by molar-refractivity contribution is 5.76. The molecule has 0 aromatic rings. The monoisotopic (exact) mass is 172 g/mol. The van der Waals surface area contributed by atoms with E-state index in [1.807, 2.05) is 0 Å². The fourth-order valence-corrected chi connectivity index (χ4v) is 0.942. The molecule has 0 bridgehead atoms. The fraction of sp³-hybridized carbons (Fsp3) is 0.750. The lowest BCUT2D eigenvalue weighted by molar-refractivity contribution is -0.155. The minimum absolute atomic E-state index is 0.00810. The number of esters is 1. The molecule has 1 saturated carbocycles. The first kappa shape index (κ1) is 9.03. The third kappa shape index (κ3) is 2.90. The lowest BCUT2D eigenvalue weighted by Crippen LogP contribution is -2.25. The minimum atomic E-state index is -0.958. The summed E-state index contributed by atoms with van der Waals surface area (Å²) in [5.41, 5.74) is 0. The van der Waals surface area contributed by atoms with Crippen molar-refractivity contribution in [1.82, 2.24) is 0 Å². The Bertz CT molecular complexity index is 183. The van der Waals surface area contributed by atoms with E-state index in [9.17, 15) is 9.59 Å². The van der Waals surface area contributed by atoms with Gasteiger partial charge < -0.3 is 9.84 Å². The normalized spacial score (nSPS) is 16.7. The summed E-state index contributed by atoms with van der Waals surface area (Å²) in [6.07, 6.45) is 2.89. The SMILES string of the molecule is O=C(O)CCC(=O)OC1CCC1. The van der Waals surface area contributed by atoms with Gasteiger partial charge in [-0.25, -0.2) is 0 Å². The zero-order valence-electron chi connectivity index (χ0n) is 6.78. The van der Waals surface area contributed by atoms with Gasteiger partial charge in [0.1, 0.15) is 6.10 Å². The van der Waals surface area contributed by atoms with Crippen LogP contribution in [-0.4, -0.2) is 23.1 Å². The minimum Gasteiger partial charge on any atom is -0.481 e. The third-order valence-corrected chi connectivity index (χ3v) is 1.89. The molecule has 1 fully saturated rings. The summed E-state index contributed by atoms with van der Waals surface area (Å²) in [7, 11) is 0. The van der Waals surface area contributed by atoms with Crippen LogP contribution in [0.25, 0.3) is 0 Å². The van der Waals surface area contributed by atoms with Crippen LogP contribution in [0, 0.1) is 0 Å². The first-order valence-corrected chi connectivity index (χ1v) is 4.10. The van der Waals surface area contributed by atoms with Crippen molar-refractivity contribution in [1.29, 1.82) is 0 Å². The molecule has 0 aromatic heterocycles. The van der Waals surface area contributed by atoms with Crippen LogP contribution in [0.4, 0.5) is 0 Å². The van der Waals surface area contributed by atoms with E-state index in [4.69, 9.17) is 9.84 Å². The summed E-state index contributed by atoms with van der Waals surface area (Å²) in [4.78, 5) is 20.9. The molecule has 4 heteroatoms. The van der Waals surface area contributed by atoms with Crippen LogP contribution in [-0.2, 0) is 14.3 Å². The van der Waals surface area contributed by atoms with Gasteiger partial charge in [0.25, 0.3) is 0 Å². The second kappa shape index (κ2) is 4.09. The summed E-state index contributed by atoms with van der Waals surface area (Å²) in [6.45, 7) is 0. The number of rotatable bonds is 4. The van der Waals surface area contributed by atoms with Gasteiger partial charge in [0, 0.05) is 0 Å². The van der Waals surface area contributed by atoms with E-state index >= 15 is 0 Å². The van der Waals surface area contributed by atoms with Crippen LogP contribution in [0.1, 0.15) is 32.1 Å². The van der Waals surface area contributed by atoms with Crippen LogP contribution < -0.4 is 0 Å². The van der Waals surface area contributed by atoms with Gasteiger partial charge in [-0.2, -0.15) is 0 Å². The predicted octanol–water partition coefficient (Wildman–Crippen LogP) is 0.947. The van der Waals surface area contributed by atoms with Crippen molar-refractivity contribution in [3.63, 3.8) is 0 Å². The molecule has 0 radical (unpaired) electrons. The number of carboxylic acid groups (broad SMARTS) is 1. The molecular weight excluding hydrogens is 160 g/mol. The quantitative estimate of drug-likeness (QED) is 0.641. The number of hydrogen-bond acceptors (Lipinski definition) is 3. The van der Waals surface area contributed by atoms with Gasteiger partial charge in [-0.3, -0.25) is 9.59 Å². The maximum absolute atomic E-state index is 10.9. The van der Waals surface area contributed by atoms with Gasteiger partial charge in [-0.1, -0.05) is 0 Å². The molecule has 1 rings (SSSR count). The van der Waals surface area contributed by atoms with Crippen molar-refractivity contribution in [3.05, 3.63) is 0 Å². The van der Waals surface area contributed by atoms with Crippen LogP contribution in [0.15, 0.2) is 0 Å². The molecule has 12 heavy (non-hydrogen) atoms. The topological polar surface area (TPSA) is 63.6 Å². The van der Waals surface area contributed by atoms with Gasteiger partial charge in [-0.15, -0.1) is 0 Å². The van der Waals surface area contributed by atoms with Crippen molar-refractivity contribution >= 4 is 11.9 Å². The van der Waals surface area contributed by atoms with Gasteiger partial charge in [0.05, 0.1) is 12.8 Å². The smallest absolute Gasteiger partial charge is 0.306 e. The van der Waals surface area contributed by atoms with Crippen molar-refractivity contribution in [2.24, 2.45) is 0 Å². The standard InChI is InChI=1S/C8H12O4/c9-7(10)4-5-8(11)12-6-2-1-3-6/h6H,1-5H2,(H,9,10). The van der Waals surface area contributed by atoms with Crippen molar-refractivity contribution < 1.29 is 19.4 Å². The lowest BCUT2D eigenvalue weighted by Gasteiger charge is -2.24. The predicted molar refractivity (Wildman–Crippen MR) is 40.6 cm³/mol. The van der Waals surface area contributed by atoms with Gasteiger partial charge in [-0.05, 0) is 19.3 Å². The average molecular weight is 172 g/mol. The molecule has 0 amide bonds. The van der Waals surface area contributed by atoms with E-state index in [-0.39, 0.29) is 24.9 Å². The molecule has 68 valence electrons. The summed E-state index contributed by atoms with van der Waals surface area (Å²) >= 11 is 0. The first-order valence-electron chi connectivity index (χ1n) is 4.10. The summed E-state index contributed by atoms with van der Waals surface area (Å²) in [6, 6.07) is 0. The number of aliphatic carboxylic acids is 1. The summed E-state index contributed by atoms with van der Waals surface area (Å²) in [5, 5.41) is 8.26. The maximum Gasteiger partial charge on any atom is 0.306 e. The zero-order valence-corrected chi connectivity index (χ0v) is 6.78. The highest BCUT2D eigenvalue weighted by Crippen LogP contribution is 2.22. The van der Waals surface area contributed by atoms with Crippen molar-refractivity contribution in [2.75, 3.05) is 0 Å². The molecule has 0 heterocycles. The number of carbonyl (C=O) groups excluding carboxylic acids is 1. The molecule has 0 aromatic carbocycles. The van der Waals surface area contributed by atoms with Crippen molar-refractivity contribution in [2.45, 2.75) is 38.2 Å². The highest BCUT2D eigenvalue weighted by atomic mass is 16.5. The Labute approximate surface area is 70.5 Å². The van der Waals surface area contributed by atoms with E-state index in [1.54, 1.807) is 0 Å². The molecule has 0 saturated heterocycles. The number of hydrogen-bond donors (Lipinski definition) is 1. The van der Waals surface area contributed by atoms with E-state index < -0.39 is 5.97 Å². The van der Waals surface area contributed by atoms with E-state index in [1.165, 1.54) is 0 Å². The number of carboxylic acids is 1. The average Bonchev–Trinajstić information content (AvgIpc) is 1.93. The molecule has 0 spiro atoms. The zero-order chi connectivity index (χ0) is 8.97. The third-order valence-electron chi connectivity index (χ3n) is 1.89. The molecular formula is C8H12O4. The molecule has 1 N–H and O–H groups in total. The fourth-order valence-electron chi connectivity index (χ4n) is 0.942. The van der Waals surface area contributed by atoms with Crippen LogP contribution in [0.3, 0.4) is 0 Å². The Morgan fingerprint density at radius 2 is 2.00 bits per heavy atom. The Hall–Kier alpha value is -1.06. The molecule has 0 atom stereocenters. The van der Waals surface area contributed by atoms with Gasteiger partial charge in [0.2, 0.25) is 0 Å². The summed E-state index contributed by atoms with van der Waals surface area (Å²) in [5.74, 6) is -1.34. The Balaban J connectivity index is 2.06. The number of ether oxygens (including phenoxy) is 1. The second-order valence-corrected chi connectivity index (χ2v) is 2.94. The number of carbonyl (C=O) groups is 2. The summed E-state index contributed by atoms with van der Waals surface area (Å²) < 4.78 is 4.93. The maximum atomic E-state index is 10.9. The highest BCUT2D eigenvalue weighted by Gasteiger charge is 2.21. The van der Waals surface area contributed by atoms with E-state index in [2.05, 4.69) is 0 Å². The second-order valence-electron chi connectivity index (χ2n) is 2.94. The van der Waals surface area contributed by atoms with Gasteiger partial charge >= 0.3 is 11.9 Å². The Kier molecular flexibility index (Phi) is 3.08. The van der Waals surface area contributed by atoms with E-state index in [0.29, 0.717) is 0 Å². The first-order chi connectivity index (χ1) is 5.68. The van der Waals surface area contributed by atoms with Crippen LogP contribution in [0.5, 0.6) is 0 Å². The Morgan fingerprint density at radius 1 is 1.33 bits per heavy atom. The largest absolute Gasteiger partial charge is 0.481 e. The molecule has 1 aliphatic carbocycles. The molecule has 1 aliphatic rings. The molecule has 0 aliphatic heterocycles. The van der Waals surface area contributed by atoms with Crippen LogP contribution in [0.2, 0.25) is 0 Å². The Morgan fingerprint density at radius 3 is 2.42 bits per heavy atom. The van der Waals surface area contributed by atoms with Gasteiger partial charge in [0.15, 0.2) is 0 Å². The van der Waals surface area contributed by atoms with Crippen LogP contribution >= 0.6 is 0 Å².